The van der Waals surface area contributed by atoms with Crippen LogP contribution in [0.1, 0.15) is 36.2 Å². The second-order valence-electron chi connectivity index (χ2n) is 8.01. The van der Waals surface area contributed by atoms with Crippen LogP contribution in [0.25, 0.3) is 0 Å². The molecule has 1 fully saturated rings. The summed E-state index contributed by atoms with van der Waals surface area (Å²) in [6, 6.07) is 18.0. The van der Waals surface area contributed by atoms with Gasteiger partial charge in [-0.3, -0.25) is 4.79 Å². The SMILES string of the molecule is COc1ccccc1CNC(=O)CCc1nnc(SCc2ccccc2)n1CC1CCCO1. The molecule has 0 bridgehead atoms. The summed E-state index contributed by atoms with van der Waals surface area (Å²) in [5, 5.41) is 12.7. The van der Waals surface area contributed by atoms with Gasteiger partial charge in [-0.15, -0.1) is 10.2 Å². The maximum absolute atomic E-state index is 12.5. The topological polar surface area (TPSA) is 78.3 Å². The van der Waals surface area contributed by atoms with Gasteiger partial charge in [-0.25, -0.2) is 0 Å². The van der Waals surface area contributed by atoms with Crippen LogP contribution in [0.4, 0.5) is 0 Å². The predicted octanol–water partition coefficient (Wildman–Crippen LogP) is 4.01. The first kappa shape index (κ1) is 23.3. The van der Waals surface area contributed by atoms with Crippen molar-refractivity contribution in [1.29, 1.82) is 0 Å². The summed E-state index contributed by atoms with van der Waals surface area (Å²) in [6.45, 7) is 1.96. The maximum Gasteiger partial charge on any atom is 0.220 e. The lowest BCUT2D eigenvalue weighted by Crippen LogP contribution is -2.24. The summed E-state index contributed by atoms with van der Waals surface area (Å²) in [5.74, 6) is 2.40. The number of aryl methyl sites for hydroxylation is 1. The summed E-state index contributed by atoms with van der Waals surface area (Å²) >= 11 is 1.67. The smallest absolute Gasteiger partial charge is 0.220 e. The largest absolute Gasteiger partial charge is 0.496 e. The van der Waals surface area contributed by atoms with Crippen molar-refractivity contribution < 1.29 is 14.3 Å². The molecule has 1 aliphatic rings. The van der Waals surface area contributed by atoms with Crippen LogP contribution in [-0.2, 0) is 34.8 Å². The van der Waals surface area contributed by atoms with E-state index >= 15 is 0 Å². The molecule has 174 valence electrons. The minimum Gasteiger partial charge on any atom is -0.496 e. The molecule has 33 heavy (non-hydrogen) atoms. The van der Waals surface area contributed by atoms with Crippen LogP contribution in [0.15, 0.2) is 59.8 Å². The van der Waals surface area contributed by atoms with E-state index in [1.54, 1.807) is 18.9 Å². The van der Waals surface area contributed by atoms with Gasteiger partial charge in [0, 0.05) is 37.3 Å². The van der Waals surface area contributed by atoms with Gasteiger partial charge in [-0.2, -0.15) is 0 Å². The van der Waals surface area contributed by atoms with Crippen molar-refractivity contribution in [3.8, 4) is 5.75 Å². The van der Waals surface area contributed by atoms with E-state index < -0.39 is 0 Å². The molecule has 1 amide bonds. The third kappa shape index (κ3) is 6.58. The molecule has 1 aromatic heterocycles. The Morgan fingerprint density at radius 1 is 1.18 bits per heavy atom. The van der Waals surface area contributed by atoms with Crippen molar-refractivity contribution in [2.45, 2.75) is 55.8 Å². The highest BCUT2D eigenvalue weighted by Crippen LogP contribution is 2.25. The van der Waals surface area contributed by atoms with Gasteiger partial charge in [0.2, 0.25) is 5.91 Å². The van der Waals surface area contributed by atoms with E-state index in [-0.39, 0.29) is 12.0 Å². The Morgan fingerprint density at radius 2 is 2.00 bits per heavy atom. The third-order valence-corrected chi connectivity index (χ3v) is 6.70. The summed E-state index contributed by atoms with van der Waals surface area (Å²) in [4.78, 5) is 12.5. The molecule has 8 heteroatoms. The number of methoxy groups -OCH3 is 1. The number of carbonyl (C=O) groups excluding carboxylic acids is 1. The monoisotopic (exact) mass is 466 g/mol. The summed E-state index contributed by atoms with van der Waals surface area (Å²) in [6.07, 6.45) is 3.18. The molecule has 1 aliphatic heterocycles. The van der Waals surface area contributed by atoms with E-state index in [0.29, 0.717) is 19.4 Å². The van der Waals surface area contributed by atoms with Crippen LogP contribution in [-0.4, -0.2) is 40.5 Å². The third-order valence-electron chi connectivity index (χ3n) is 5.66. The van der Waals surface area contributed by atoms with E-state index in [0.717, 1.165) is 54.0 Å². The lowest BCUT2D eigenvalue weighted by Gasteiger charge is -2.15. The number of carbonyl (C=O) groups is 1. The average Bonchev–Trinajstić information content (AvgIpc) is 3.51. The number of hydrogen-bond acceptors (Lipinski definition) is 6. The molecule has 2 aromatic carbocycles. The first-order valence-corrected chi connectivity index (χ1v) is 12.3. The number of benzene rings is 2. The highest BCUT2D eigenvalue weighted by atomic mass is 32.2. The summed E-state index contributed by atoms with van der Waals surface area (Å²) in [5.41, 5.74) is 2.20. The number of rotatable bonds is 11. The Balaban J connectivity index is 1.37. The molecule has 3 aromatic rings. The van der Waals surface area contributed by atoms with E-state index in [9.17, 15) is 4.79 Å². The fourth-order valence-corrected chi connectivity index (χ4v) is 4.79. The van der Waals surface area contributed by atoms with E-state index in [1.165, 1.54) is 5.56 Å². The van der Waals surface area contributed by atoms with Gasteiger partial charge < -0.3 is 19.4 Å². The molecule has 0 saturated carbocycles. The standard InChI is InChI=1S/C25H30N4O3S/c1-31-22-12-6-5-10-20(22)16-26-24(30)14-13-23-27-28-25(29(23)17-21-11-7-15-32-21)33-18-19-8-3-2-4-9-19/h2-6,8-10,12,21H,7,11,13-18H2,1H3,(H,26,30). The average molecular weight is 467 g/mol. The molecule has 0 spiro atoms. The van der Waals surface area contributed by atoms with Gasteiger partial charge in [0.05, 0.1) is 19.8 Å². The molecule has 0 radical (unpaired) electrons. The molecule has 1 N–H and O–H groups in total. The number of nitrogens with one attached hydrogen (secondary N) is 1. The number of para-hydroxylation sites is 1. The second-order valence-corrected chi connectivity index (χ2v) is 8.95. The zero-order valence-corrected chi connectivity index (χ0v) is 19.7. The summed E-state index contributed by atoms with van der Waals surface area (Å²) < 4.78 is 13.3. The fourth-order valence-electron chi connectivity index (χ4n) is 3.86. The van der Waals surface area contributed by atoms with Gasteiger partial charge in [0.15, 0.2) is 5.16 Å². The van der Waals surface area contributed by atoms with Gasteiger partial charge >= 0.3 is 0 Å². The molecular formula is C25H30N4O3S. The molecule has 4 rings (SSSR count). The van der Waals surface area contributed by atoms with Crippen LogP contribution in [0.3, 0.4) is 0 Å². The molecule has 2 heterocycles. The van der Waals surface area contributed by atoms with E-state index in [1.807, 2.05) is 42.5 Å². The number of aromatic nitrogens is 3. The molecule has 1 unspecified atom stereocenters. The zero-order chi connectivity index (χ0) is 22.9. The quantitative estimate of drug-likeness (QED) is 0.430. The molecule has 0 aliphatic carbocycles. The van der Waals surface area contributed by atoms with Gasteiger partial charge in [-0.1, -0.05) is 60.3 Å². The van der Waals surface area contributed by atoms with Gasteiger partial charge in [0.1, 0.15) is 11.6 Å². The van der Waals surface area contributed by atoms with E-state index in [4.69, 9.17) is 9.47 Å². The second kappa shape index (κ2) is 11.9. The van der Waals surface area contributed by atoms with Crippen molar-refractivity contribution >= 4 is 17.7 Å². The van der Waals surface area contributed by atoms with Crippen molar-refractivity contribution in [3.05, 3.63) is 71.5 Å². The highest BCUT2D eigenvalue weighted by Gasteiger charge is 2.21. The fraction of sp³-hybridized carbons (Fsp3) is 0.400. The van der Waals surface area contributed by atoms with Crippen molar-refractivity contribution in [2.24, 2.45) is 0 Å². The Kier molecular flexibility index (Phi) is 8.38. The number of thioether (sulfide) groups is 1. The van der Waals surface area contributed by atoms with Crippen LogP contribution in [0, 0.1) is 0 Å². The Labute approximate surface area is 198 Å². The Bertz CT molecular complexity index is 1040. The van der Waals surface area contributed by atoms with E-state index in [2.05, 4.69) is 32.2 Å². The van der Waals surface area contributed by atoms with Crippen LogP contribution < -0.4 is 10.1 Å². The first-order valence-electron chi connectivity index (χ1n) is 11.3. The van der Waals surface area contributed by atoms with Gasteiger partial charge in [-0.05, 0) is 24.5 Å². The van der Waals surface area contributed by atoms with Crippen LogP contribution in [0.5, 0.6) is 5.75 Å². The molecule has 1 atom stereocenters. The van der Waals surface area contributed by atoms with Crippen molar-refractivity contribution in [2.75, 3.05) is 13.7 Å². The number of hydrogen-bond donors (Lipinski definition) is 1. The van der Waals surface area contributed by atoms with Crippen LogP contribution in [0.2, 0.25) is 0 Å². The Hall–Kier alpha value is -2.84. The minimum absolute atomic E-state index is 0.0222. The van der Waals surface area contributed by atoms with Gasteiger partial charge in [0.25, 0.3) is 0 Å². The molecule has 7 nitrogen and oxygen atoms in total. The predicted molar refractivity (Wildman–Crippen MR) is 128 cm³/mol. The van der Waals surface area contributed by atoms with Crippen LogP contribution >= 0.6 is 11.8 Å². The minimum atomic E-state index is -0.0222. The zero-order valence-electron chi connectivity index (χ0n) is 18.9. The molecule has 1 saturated heterocycles. The lowest BCUT2D eigenvalue weighted by atomic mass is 10.2. The molecular weight excluding hydrogens is 436 g/mol. The maximum atomic E-state index is 12.5. The first-order chi connectivity index (χ1) is 16.2. The van der Waals surface area contributed by atoms with Crippen molar-refractivity contribution in [3.63, 3.8) is 0 Å². The number of nitrogens with zero attached hydrogens (tertiary/aromatic N) is 3. The van der Waals surface area contributed by atoms with Crippen molar-refractivity contribution in [1.82, 2.24) is 20.1 Å². The number of amides is 1. The highest BCUT2D eigenvalue weighted by molar-refractivity contribution is 7.98. The summed E-state index contributed by atoms with van der Waals surface area (Å²) in [7, 11) is 1.63. The number of ether oxygens (including phenoxy) is 2. The Morgan fingerprint density at radius 3 is 2.79 bits per heavy atom. The lowest BCUT2D eigenvalue weighted by molar-refractivity contribution is -0.121. The normalized spacial score (nSPS) is 15.5.